The number of hydrogen-bond acceptors (Lipinski definition) is 6. The Labute approximate surface area is 166 Å². The van der Waals surface area contributed by atoms with Gasteiger partial charge in [-0.15, -0.1) is 0 Å². The summed E-state index contributed by atoms with van der Waals surface area (Å²) in [6.45, 7) is -0.248. The summed E-state index contributed by atoms with van der Waals surface area (Å²) < 4.78 is 65.7. The summed E-state index contributed by atoms with van der Waals surface area (Å²) in [5.74, 6) is -1.10. The van der Waals surface area contributed by atoms with E-state index in [1.54, 1.807) is 18.2 Å². The molecule has 0 aliphatic carbocycles. The molecule has 3 rings (SSSR count). The summed E-state index contributed by atoms with van der Waals surface area (Å²) in [5, 5.41) is 0. The number of aromatic nitrogens is 2. The number of benzene rings is 2. The molecule has 0 bridgehead atoms. The van der Waals surface area contributed by atoms with Gasteiger partial charge in [0, 0.05) is 23.9 Å². The third-order valence-corrected chi connectivity index (χ3v) is 5.86. The predicted molar refractivity (Wildman–Crippen MR) is 101 cm³/mol. The van der Waals surface area contributed by atoms with Crippen molar-refractivity contribution in [1.82, 2.24) is 9.97 Å². The van der Waals surface area contributed by atoms with Gasteiger partial charge in [-0.1, -0.05) is 0 Å². The quantitative estimate of drug-likeness (QED) is 0.583. The Bertz CT molecular complexity index is 1110. The van der Waals surface area contributed by atoms with Gasteiger partial charge in [-0.3, -0.25) is 0 Å². The average Bonchev–Trinajstić information content (AvgIpc) is 2.74. The van der Waals surface area contributed by atoms with Crippen LogP contribution in [0.15, 0.2) is 59.9 Å². The molecule has 0 spiro atoms. The number of ether oxygens (including phenoxy) is 2. The van der Waals surface area contributed by atoms with Crippen LogP contribution in [0, 0.1) is 11.6 Å². The first-order chi connectivity index (χ1) is 13.9. The third-order valence-electron chi connectivity index (χ3n) is 4.09. The topological polar surface area (TPSA) is 81.6 Å². The van der Waals surface area contributed by atoms with Crippen LogP contribution < -0.4 is 13.8 Å². The van der Waals surface area contributed by atoms with Crippen molar-refractivity contribution in [2.24, 2.45) is 0 Å². The van der Waals surface area contributed by atoms with Crippen molar-refractivity contribution in [1.29, 1.82) is 0 Å². The number of rotatable bonds is 7. The summed E-state index contributed by atoms with van der Waals surface area (Å²) in [4.78, 5) is 6.93. The van der Waals surface area contributed by atoms with E-state index in [0.29, 0.717) is 23.1 Å². The summed E-state index contributed by atoms with van der Waals surface area (Å²) in [6, 6.07) is 8.41. The van der Waals surface area contributed by atoms with Gasteiger partial charge in [-0.05, 0) is 30.3 Å². The SMILES string of the molecule is COc1ccc(CN(c2ccncn2)S(=O)(=O)c2cc(F)ccc2F)c(OC)c1. The fraction of sp³-hybridized carbons (Fsp3) is 0.158. The fourth-order valence-corrected chi connectivity index (χ4v) is 4.13. The molecule has 0 radical (unpaired) electrons. The van der Waals surface area contributed by atoms with Gasteiger partial charge in [-0.25, -0.2) is 31.5 Å². The minimum absolute atomic E-state index is 0.0125. The Balaban J connectivity index is 2.13. The number of halogens is 2. The maximum absolute atomic E-state index is 14.3. The van der Waals surface area contributed by atoms with E-state index in [2.05, 4.69) is 9.97 Å². The van der Waals surface area contributed by atoms with Crippen molar-refractivity contribution < 1.29 is 26.7 Å². The molecule has 10 heteroatoms. The molecule has 0 N–H and O–H groups in total. The lowest BCUT2D eigenvalue weighted by Gasteiger charge is -2.24. The second-order valence-corrected chi connectivity index (χ2v) is 7.66. The molecule has 0 fully saturated rings. The minimum atomic E-state index is -4.50. The van der Waals surface area contributed by atoms with Gasteiger partial charge in [-0.2, -0.15) is 0 Å². The number of methoxy groups -OCH3 is 2. The standard InChI is InChI=1S/C19H17F2N3O4S/c1-27-15-5-3-13(17(10-15)28-2)11-24(19-7-8-22-12-23-19)29(25,26)18-9-14(20)4-6-16(18)21/h3-10,12H,11H2,1-2H3. The van der Waals surface area contributed by atoms with E-state index in [-0.39, 0.29) is 12.4 Å². The third kappa shape index (κ3) is 4.27. The Morgan fingerprint density at radius 2 is 1.83 bits per heavy atom. The maximum atomic E-state index is 14.3. The van der Waals surface area contributed by atoms with Crippen LogP contribution in [-0.2, 0) is 16.6 Å². The van der Waals surface area contributed by atoms with Crippen LogP contribution in [0.2, 0.25) is 0 Å². The zero-order valence-corrected chi connectivity index (χ0v) is 16.4. The van der Waals surface area contributed by atoms with E-state index in [1.165, 1.54) is 26.5 Å². The van der Waals surface area contributed by atoms with Crippen molar-refractivity contribution >= 4 is 15.8 Å². The van der Waals surface area contributed by atoms with Gasteiger partial charge < -0.3 is 9.47 Å². The zero-order valence-electron chi connectivity index (χ0n) is 15.5. The highest BCUT2D eigenvalue weighted by Crippen LogP contribution is 2.31. The van der Waals surface area contributed by atoms with E-state index in [9.17, 15) is 17.2 Å². The van der Waals surface area contributed by atoms with Crippen molar-refractivity contribution in [3.63, 3.8) is 0 Å². The lowest BCUT2D eigenvalue weighted by atomic mass is 10.2. The van der Waals surface area contributed by atoms with E-state index >= 15 is 0 Å². The molecule has 1 heterocycles. The molecule has 152 valence electrons. The molecule has 0 aliphatic rings. The Hall–Kier alpha value is -3.27. The highest BCUT2D eigenvalue weighted by Gasteiger charge is 2.30. The number of anilines is 1. The first-order valence-corrected chi connectivity index (χ1v) is 9.75. The van der Waals surface area contributed by atoms with E-state index < -0.39 is 26.6 Å². The average molecular weight is 421 g/mol. The summed E-state index contributed by atoms with van der Waals surface area (Å²) in [7, 11) is -1.60. The molecule has 0 aliphatic heterocycles. The number of sulfonamides is 1. The smallest absolute Gasteiger partial charge is 0.268 e. The Kier molecular flexibility index (Phi) is 5.92. The monoisotopic (exact) mass is 421 g/mol. The summed E-state index contributed by atoms with van der Waals surface area (Å²) >= 11 is 0. The highest BCUT2D eigenvalue weighted by atomic mass is 32.2. The van der Waals surface area contributed by atoms with Crippen LogP contribution in [-0.4, -0.2) is 32.6 Å². The van der Waals surface area contributed by atoms with Crippen molar-refractivity contribution in [2.75, 3.05) is 18.5 Å². The molecule has 1 aromatic heterocycles. The molecule has 0 unspecified atom stereocenters. The molecule has 7 nitrogen and oxygen atoms in total. The molecular weight excluding hydrogens is 404 g/mol. The number of hydrogen-bond donors (Lipinski definition) is 0. The molecule has 2 aromatic carbocycles. The van der Waals surface area contributed by atoms with Gasteiger partial charge in [0.1, 0.15) is 40.2 Å². The lowest BCUT2D eigenvalue weighted by Crippen LogP contribution is -2.32. The summed E-state index contributed by atoms with van der Waals surface area (Å²) in [6.07, 6.45) is 2.50. The van der Waals surface area contributed by atoms with Gasteiger partial charge in [0.15, 0.2) is 0 Å². The largest absolute Gasteiger partial charge is 0.497 e. The van der Waals surface area contributed by atoms with Crippen LogP contribution in [0.25, 0.3) is 0 Å². The maximum Gasteiger partial charge on any atom is 0.268 e. The molecule has 0 amide bonds. The fourth-order valence-electron chi connectivity index (χ4n) is 2.65. The van der Waals surface area contributed by atoms with Crippen LogP contribution in [0.4, 0.5) is 14.6 Å². The first kappa shape index (κ1) is 20.5. The van der Waals surface area contributed by atoms with Crippen molar-refractivity contribution in [2.45, 2.75) is 11.4 Å². The van der Waals surface area contributed by atoms with E-state index in [4.69, 9.17) is 9.47 Å². The second-order valence-electron chi connectivity index (χ2n) is 5.83. The van der Waals surface area contributed by atoms with Crippen molar-refractivity contribution in [3.8, 4) is 11.5 Å². The van der Waals surface area contributed by atoms with Crippen molar-refractivity contribution in [3.05, 3.63) is 72.2 Å². The molecule has 0 saturated heterocycles. The lowest BCUT2D eigenvalue weighted by molar-refractivity contribution is 0.391. The number of nitrogens with zero attached hydrogens (tertiary/aromatic N) is 3. The van der Waals surface area contributed by atoms with Crippen LogP contribution in [0.3, 0.4) is 0 Å². The summed E-state index contributed by atoms with van der Waals surface area (Å²) in [5.41, 5.74) is 0.465. The second kappa shape index (κ2) is 8.39. The molecule has 3 aromatic rings. The molecule has 29 heavy (non-hydrogen) atoms. The predicted octanol–water partition coefficient (Wildman–Crippen LogP) is 3.17. The van der Waals surface area contributed by atoms with Gasteiger partial charge in [0.05, 0.1) is 20.8 Å². The first-order valence-electron chi connectivity index (χ1n) is 8.31. The van der Waals surface area contributed by atoms with Crippen LogP contribution in [0.1, 0.15) is 5.56 Å². The molecule has 0 atom stereocenters. The molecular formula is C19H17F2N3O4S. The Morgan fingerprint density at radius 3 is 2.48 bits per heavy atom. The van der Waals surface area contributed by atoms with Crippen LogP contribution in [0.5, 0.6) is 11.5 Å². The van der Waals surface area contributed by atoms with E-state index in [1.807, 2.05) is 0 Å². The zero-order chi connectivity index (χ0) is 21.0. The minimum Gasteiger partial charge on any atom is -0.497 e. The highest BCUT2D eigenvalue weighted by molar-refractivity contribution is 7.92. The van der Waals surface area contributed by atoms with E-state index in [0.717, 1.165) is 22.8 Å². The normalized spacial score (nSPS) is 11.2. The van der Waals surface area contributed by atoms with Gasteiger partial charge >= 0.3 is 0 Å². The Morgan fingerprint density at radius 1 is 1.03 bits per heavy atom. The van der Waals surface area contributed by atoms with Gasteiger partial charge in [0.2, 0.25) is 0 Å². The molecule has 0 saturated carbocycles. The van der Waals surface area contributed by atoms with Gasteiger partial charge in [0.25, 0.3) is 10.0 Å². The van der Waals surface area contributed by atoms with Crippen LogP contribution >= 0.6 is 0 Å².